The van der Waals surface area contributed by atoms with Crippen molar-refractivity contribution in [1.82, 2.24) is 5.32 Å². The molecule has 1 aliphatic heterocycles. The van der Waals surface area contributed by atoms with Crippen molar-refractivity contribution in [2.75, 3.05) is 30.9 Å². The maximum atomic E-state index is 11.9. The molecule has 0 fully saturated rings. The molecule has 1 aliphatic rings. The van der Waals surface area contributed by atoms with Gasteiger partial charge >= 0.3 is 12.0 Å². The Morgan fingerprint density at radius 2 is 1.77 bits per heavy atom. The van der Waals surface area contributed by atoms with Crippen molar-refractivity contribution in [2.45, 2.75) is 11.3 Å². The second-order valence-electron chi connectivity index (χ2n) is 6.07. The summed E-state index contributed by atoms with van der Waals surface area (Å²) in [5.41, 5.74) is 0.431. The molecule has 0 aliphatic carbocycles. The van der Waals surface area contributed by atoms with E-state index in [1.165, 1.54) is 11.8 Å². The first-order valence-electron chi connectivity index (χ1n) is 9.04. The predicted molar refractivity (Wildman–Crippen MR) is 112 cm³/mol. The van der Waals surface area contributed by atoms with Crippen LogP contribution in [0.4, 0.5) is 10.5 Å². The van der Waals surface area contributed by atoms with Crippen LogP contribution in [0.3, 0.4) is 0 Å². The quantitative estimate of drug-likeness (QED) is 0.491. The SMILES string of the molecule is O=C(COC(=O)CCSc1ccc(Cl)cc1)NC(=O)Nc1ccc2c(c1)OCCO2. The van der Waals surface area contributed by atoms with Crippen LogP contribution in [0.1, 0.15) is 6.42 Å². The van der Waals surface area contributed by atoms with Gasteiger partial charge in [0.15, 0.2) is 18.1 Å². The lowest BCUT2D eigenvalue weighted by atomic mass is 10.2. The Morgan fingerprint density at radius 3 is 2.53 bits per heavy atom. The van der Waals surface area contributed by atoms with Gasteiger partial charge in [0.05, 0.1) is 6.42 Å². The average molecular weight is 451 g/mol. The van der Waals surface area contributed by atoms with Crippen molar-refractivity contribution in [3.05, 3.63) is 47.5 Å². The molecule has 30 heavy (non-hydrogen) atoms. The molecule has 0 atom stereocenters. The number of carbonyl (C=O) groups excluding carboxylic acids is 3. The smallest absolute Gasteiger partial charge is 0.325 e. The summed E-state index contributed by atoms with van der Waals surface area (Å²) in [7, 11) is 0. The zero-order valence-electron chi connectivity index (χ0n) is 15.8. The van der Waals surface area contributed by atoms with Crippen molar-refractivity contribution < 1.29 is 28.6 Å². The minimum Gasteiger partial charge on any atom is -0.486 e. The van der Waals surface area contributed by atoms with E-state index in [1.807, 2.05) is 12.1 Å². The Balaban J connectivity index is 1.34. The maximum Gasteiger partial charge on any atom is 0.325 e. The van der Waals surface area contributed by atoms with Crippen LogP contribution in [-0.4, -0.2) is 43.5 Å². The maximum absolute atomic E-state index is 11.9. The monoisotopic (exact) mass is 450 g/mol. The van der Waals surface area contributed by atoms with Gasteiger partial charge in [0.2, 0.25) is 0 Å². The highest BCUT2D eigenvalue weighted by Gasteiger charge is 2.14. The molecule has 10 heteroatoms. The summed E-state index contributed by atoms with van der Waals surface area (Å²) in [4.78, 5) is 36.4. The summed E-state index contributed by atoms with van der Waals surface area (Å²) in [6.45, 7) is 0.344. The van der Waals surface area contributed by atoms with Gasteiger partial charge in [0, 0.05) is 27.4 Å². The Bertz CT molecular complexity index is 922. The number of amides is 3. The Morgan fingerprint density at radius 1 is 1.03 bits per heavy atom. The van der Waals surface area contributed by atoms with E-state index in [9.17, 15) is 14.4 Å². The van der Waals surface area contributed by atoms with Crippen molar-refractivity contribution in [2.24, 2.45) is 0 Å². The van der Waals surface area contributed by atoms with Crippen LogP contribution in [0.25, 0.3) is 0 Å². The fraction of sp³-hybridized carbons (Fsp3) is 0.250. The fourth-order valence-electron chi connectivity index (χ4n) is 2.45. The van der Waals surface area contributed by atoms with Crippen molar-refractivity contribution >= 4 is 47.0 Å². The van der Waals surface area contributed by atoms with Crippen LogP contribution >= 0.6 is 23.4 Å². The van der Waals surface area contributed by atoms with E-state index < -0.39 is 24.5 Å². The lowest BCUT2D eigenvalue weighted by molar-refractivity contribution is -0.147. The Labute approximate surface area is 182 Å². The summed E-state index contributed by atoms with van der Waals surface area (Å²) in [6.07, 6.45) is 0.129. The highest BCUT2D eigenvalue weighted by molar-refractivity contribution is 7.99. The lowest BCUT2D eigenvalue weighted by Gasteiger charge is -2.19. The van der Waals surface area contributed by atoms with Gasteiger partial charge in [-0.1, -0.05) is 11.6 Å². The summed E-state index contributed by atoms with van der Waals surface area (Å²) < 4.78 is 15.7. The highest BCUT2D eigenvalue weighted by Crippen LogP contribution is 2.32. The first-order chi connectivity index (χ1) is 14.5. The number of hydrogen-bond donors (Lipinski definition) is 2. The van der Waals surface area contributed by atoms with Gasteiger partial charge in [0.25, 0.3) is 5.91 Å². The van der Waals surface area contributed by atoms with E-state index in [0.717, 1.165) is 4.90 Å². The lowest BCUT2D eigenvalue weighted by Crippen LogP contribution is -2.37. The molecule has 3 amide bonds. The number of hydrogen-bond acceptors (Lipinski definition) is 7. The number of halogens is 1. The molecular weight excluding hydrogens is 432 g/mol. The zero-order chi connectivity index (χ0) is 21.3. The standard InChI is InChI=1S/C20H19ClN2O6S/c21-13-1-4-15(5-2-13)30-10-7-19(25)29-12-18(24)23-20(26)22-14-3-6-16-17(11-14)28-9-8-27-16/h1-6,11H,7-10,12H2,(H2,22,23,24,26). The van der Waals surface area contributed by atoms with Crippen molar-refractivity contribution in [3.8, 4) is 11.5 Å². The van der Waals surface area contributed by atoms with E-state index in [-0.39, 0.29) is 6.42 Å². The molecule has 0 aromatic heterocycles. The van der Waals surface area contributed by atoms with Crippen LogP contribution in [0, 0.1) is 0 Å². The molecule has 3 rings (SSSR count). The van der Waals surface area contributed by atoms with Crippen LogP contribution in [0.2, 0.25) is 5.02 Å². The second kappa shape index (κ2) is 10.7. The molecule has 0 saturated carbocycles. The number of nitrogens with one attached hydrogen (secondary N) is 2. The van der Waals surface area contributed by atoms with Crippen LogP contribution in [0.15, 0.2) is 47.4 Å². The van der Waals surface area contributed by atoms with Crippen LogP contribution in [0.5, 0.6) is 11.5 Å². The van der Waals surface area contributed by atoms with E-state index in [0.29, 0.717) is 41.2 Å². The molecule has 2 N–H and O–H groups in total. The number of thioether (sulfide) groups is 1. The molecule has 2 aromatic carbocycles. The molecule has 0 radical (unpaired) electrons. The zero-order valence-corrected chi connectivity index (χ0v) is 17.4. The van der Waals surface area contributed by atoms with Crippen LogP contribution in [-0.2, 0) is 14.3 Å². The number of urea groups is 1. The molecule has 2 aromatic rings. The normalized spacial score (nSPS) is 12.0. The second-order valence-corrected chi connectivity index (χ2v) is 7.68. The molecule has 0 saturated heterocycles. The molecule has 1 heterocycles. The van der Waals surface area contributed by atoms with E-state index in [2.05, 4.69) is 10.6 Å². The summed E-state index contributed by atoms with van der Waals surface area (Å²) in [5, 5.41) is 5.24. The molecule has 0 unspecified atom stereocenters. The predicted octanol–water partition coefficient (Wildman–Crippen LogP) is 3.48. The minimum atomic E-state index is -0.744. The number of carbonyl (C=O) groups is 3. The number of benzene rings is 2. The Hall–Kier alpha value is -2.91. The number of fused-ring (bicyclic) bond motifs is 1. The van der Waals surface area contributed by atoms with Gasteiger partial charge in [-0.3, -0.25) is 14.9 Å². The molecule has 0 spiro atoms. The van der Waals surface area contributed by atoms with E-state index in [4.69, 9.17) is 25.8 Å². The number of anilines is 1. The van der Waals surface area contributed by atoms with Gasteiger partial charge in [-0.2, -0.15) is 0 Å². The fourth-order valence-corrected chi connectivity index (χ4v) is 3.41. The number of rotatable bonds is 7. The number of imide groups is 1. The van der Waals surface area contributed by atoms with Gasteiger partial charge in [0.1, 0.15) is 13.2 Å². The minimum absolute atomic E-state index is 0.129. The van der Waals surface area contributed by atoms with Crippen molar-refractivity contribution in [1.29, 1.82) is 0 Å². The first-order valence-corrected chi connectivity index (χ1v) is 10.4. The molecule has 8 nitrogen and oxygen atoms in total. The van der Waals surface area contributed by atoms with E-state index >= 15 is 0 Å². The van der Waals surface area contributed by atoms with Gasteiger partial charge in [-0.25, -0.2) is 4.79 Å². The number of esters is 1. The van der Waals surface area contributed by atoms with Crippen LogP contribution < -0.4 is 20.1 Å². The van der Waals surface area contributed by atoms with Crippen molar-refractivity contribution in [3.63, 3.8) is 0 Å². The number of ether oxygens (including phenoxy) is 3. The summed E-state index contributed by atoms with van der Waals surface area (Å²) >= 11 is 7.29. The topological polar surface area (TPSA) is 103 Å². The third-order valence-corrected chi connectivity index (χ3v) is 5.07. The third-order valence-electron chi connectivity index (χ3n) is 3.81. The van der Waals surface area contributed by atoms with Gasteiger partial charge in [-0.05, 0) is 36.4 Å². The Kier molecular flexibility index (Phi) is 7.81. The van der Waals surface area contributed by atoms with Gasteiger partial charge < -0.3 is 19.5 Å². The third kappa shape index (κ3) is 6.85. The van der Waals surface area contributed by atoms with Gasteiger partial charge in [-0.15, -0.1) is 11.8 Å². The molecular formula is C20H19ClN2O6S. The highest BCUT2D eigenvalue weighted by atomic mass is 35.5. The van der Waals surface area contributed by atoms with E-state index in [1.54, 1.807) is 30.3 Å². The summed E-state index contributed by atoms with van der Waals surface area (Å²) in [6, 6.07) is 11.4. The average Bonchev–Trinajstić information content (AvgIpc) is 2.73. The molecule has 158 valence electrons. The molecule has 0 bridgehead atoms. The first kappa shape index (κ1) is 21.8. The largest absolute Gasteiger partial charge is 0.486 e. The summed E-state index contributed by atoms with van der Waals surface area (Å²) in [5.74, 6) is 0.329.